The third-order valence-corrected chi connectivity index (χ3v) is 4.16. The van der Waals surface area contributed by atoms with E-state index in [9.17, 15) is 0 Å². The Bertz CT molecular complexity index is 890. The number of aryl methyl sites for hydroxylation is 1. The van der Waals surface area contributed by atoms with Gasteiger partial charge in [-0.3, -0.25) is 0 Å². The van der Waals surface area contributed by atoms with Gasteiger partial charge in [-0.25, -0.2) is 14.6 Å². The van der Waals surface area contributed by atoms with E-state index in [4.69, 9.17) is 24.8 Å². The predicted molar refractivity (Wildman–Crippen MR) is 96.3 cm³/mol. The molecule has 1 aromatic carbocycles. The summed E-state index contributed by atoms with van der Waals surface area (Å²) in [6.07, 6.45) is 6.60. The Balaban J connectivity index is 0.000000286. The third-order valence-electron chi connectivity index (χ3n) is 4.16. The number of carboxylic acid groups (broad SMARTS) is 2. The number of rotatable bonds is 2. The quantitative estimate of drug-likeness (QED) is 0.687. The molecular weight excluding hydrogens is 334 g/mol. The van der Waals surface area contributed by atoms with Crippen LogP contribution in [-0.2, 0) is 22.6 Å². The van der Waals surface area contributed by atoms with Crippen LogP contribution in [0.3, 0.4) is 0 Å². The van der Waals surface area contributed by atoms with Crippen LogP contribution in [-0.4, -0.2) is 38.1 Å². The smallest absolute Gasteiger partial charge is 0.414 e. The third kappa shape index (κ3) is 4.00. The molecule has 26 heavy (non-hydrogen) atoms. The lowest BCUT2D eigenvalue weighted by Gasteiger charge is -2.30. The number of imidazole rings is 1. The van der Waals surface area contributed by atoms with Gasteiger partial charge in [-0.1, -0.05) is 24.3 Å². The lowest BCUT2D eigenvalue weighted by atomic mass is 10.0. The van der Waals surface area contributed by atoms with E-state index >= 15 is 0 Å². The molecule has 2 N–H and O–H groups in total. The van der Waals surface area contributed by atoms with E-state index in [1.807, 2.05) is 18.2 Å². The zero-order valence-electron chi connectivity index (χ0n) is 14.1. The van der Waals surface area contributed by atoms with E-state index < -0.39 is 11.9 Å². The van der Waals surface area contributed by atoms with E-state index in [0.29, 0.717) is 0 Å². The Morgan fingerprint density at radius 3 is 2.50 bits per heavy atom. The topological polar surface area (TPSA) is 95.1 Å². The van der Waals surface area contributed by atoms with Crippen molar-refractivity contribution in [1.29, 1.82) is 0 Å². The number of aromatic nitrogens is 2. The monoisotopic (exact) mass is 353 g/mol. The van der Waals surface area contributed by atoms with Crippen LogP contribution in [0.2, 0.25) is 0 Å². The van der Waals surface area contributed by atoms with Crippen molar-refractivity contribution in [2.45, 2.75) is 19.4 Å². The summed E-state index contributed by atoms with van der Waals surface area (Å²) in [5.74, 6) is -3.65. The Labute approximate surface area is 150 Å². The van der Waals surface area contributed by atoms with Crippen LogP contribution >= 0.6 is 0 Å². The van der Waals surface area contributed by atoms with E-state index in [1.54, 1.807) is 0 Å². The number of carboxylic acids is 2. The first-order valence-electron chi connectivity index (χ1n) is 8.26. The largest absolute Gasteiger partial charge is 0.473 e. The highest BCUT2D eigenvalue weighted by Gasteiger charge is 2.17. The zero-order valence-corrected chi connectivity index (χ0v) is 14.1. The summed E-state index contributed by atoms with van der Waals surface area (Å²) in [5.41, 5.74) is 4.99. The van der Waals surface area contributed by atoms with E-state index in [0.717, 1.165) is 24.4 Å². The summed E-state index contributed by atoms with van der Waals surface area (Å²) in [4.78, 5) is 25.3. The first-order valence-corrected chi connectivity index (χ1v) is 8.26. The minimum atomic E-state index is -1.82. The van der Waals surface area contributed by atoms with Crippen molar-refractivity contribution in [3.8, 4) is 0 Å². The molecule has 7 nitrogen and oxygen atoms in total. The number of para-hydroxylation sites is 1. The van der Waals surface area contributed by atoms with Gasteiger partial charge in [0.1, 0.15) is 5.65 Å². The molecule has 0 amide bonds. The highest BCUT2D eigenvalue weighted by molar-refractivity contribution is 6.27. The van der Waals surface area contributed by atoms with Gasteiger partial charge in [0.2, 0.25) is 0 Å². The number of pyridine rings is 1. The van der Waals surface area contributed by atoms with E-state index in [1.165, 1.54) is 24.1 Å². The molecule has 0 unspecified atom stereocenters. The minimum absolute atomic E-state index is 0.888. The van der Waals surface area contributed by atoms with Gasteiger partial charge in [-0.05, 0) is 36.6 Å². The molecule has 1 aliphatic rings. The van der Waals surface area contributed by atoms with Crippen molar-refractivity contribution in [1.82, 2.24) is 9.38 Å². The Morgan fingerprint density at radius 1 is 1.04 bits per heavy atom. The van der Waals surface area contributed by atoms with Crippen molar-refractivity contribution in [2.24, 2.45) is 0 Å². The van der Waals surface area contributed by atoms with Crippen molar-refractivity contribution in [2.75, 3.05) is 11.4 Å². The van der Waals surface area contributed by atoms with Crippen LogP contribution in [0.5, 0.6) is 0 Å². The molecule has 3 heterocycles. The summed E-state index contributed by atoms with van der Waals surface area (Å²) < 4.78 is 2.09. The van der Waals surface area contributed by atoms with Crippen LogP contribution in [0.15, 0.2) is 54.9 Å². The number of hydrogen-bond acceptors (Lipinski definition) is 4. The molecule has 0 spiro atoms. The van der Waals surface area contributed by atoms with Crippen LogP contribution in [0.25, 0.3) is 5.65 Å². The first-order chi connectivity index (χ1) is 12.5. The van der Waals surface area contributed by atoms with E-state index in [-0.39, 0.29) is 0 Å². The Hall–Kier alpha value is -3.35. The highest BCUT2D eigenvalue weighted by Crippen LogP contribution is 2.27. The number of nitrogens with zero attached hydrogens (tertiary/aromatic N) is 3. The summed E-state index contributed by atoms with van der Waals surface area (Å²) in [7, 11) is 0. The van der Waals surface area contributed by atoms with E-state index in [2.05, 4.69) is 46.0 Å². The van der Waals surface area contributed by atoms with Crippen LogP contribution < -0.4 is 4.90 Å². The molecule has 134 valence electrons. The molecule has 1 aliphatic heterocycles. The highest BCUT2D eigenvalue weighted by atomic mass is 16.4. The molecule has 0 saturated carbocycles. The number of carbonyl (C=O) groups is 2. The maximum Gasteiger partial charge on any atom is 0.414 e. The number of benzene rings is 1. The molecule has 0 aliphatic carbocycles. The summed E-state index contributed by atoms with van der Waals surface area (Å²) >= 11 is 0. The standard InChI is InChI=1S/C17H17N3.C2H2O4/c1-2-8-16-14(6-1)7-5-11-19(16)12-15-13-20-10-4-3-9-17(20)18-15;3-1(4)2(5)6/h1-4,6,8-10,13H,5,7,11-12H2;(H,3,4)(H,5,6). The van der Waals surface area contributed by atoms with Crippen molar-refractivity contribution in [3.05, 3.63) is 66.1 Å². The van der Waals surface area contributed by atoms with Gasteiger partial charge in [-0.15, -0.1) is 0 Å². The molecule has 4 rings (SSSR count). The van der Waals surface area contributed by atoms with Crippen molar-refractivity contribution in [3.63, 3.8) is 0 Å². The Kier molecular flexibility index (Phi) is 5.17. The molecule has 7 heteroatoms. The summed E-state index contributed by atoms with van der Waals surface area (Å²) in [6.45, 7) is 2.00. The van der Waals surface area contributed by atoms with Crippen LogP contribution in [0.1, 0.15) is 17.7 Å². The van der Waals surface area contributed by atoms with Crippen LogP contribution in [0, 0.1) is 0 Å². The Morgan fingerprint density at radius 2 is 1.77 bits per heavy atom. The number of anilines is 1. The fourth-order valence-corrected chi connectivity index (χ4v) is 3.03. The van der Waals surface area contributed by atoms with Crippen molar-refractivity contribution < 1.29 is 19.8 Å². The molecule has 2 aromatic heterocycles. The average molecular weight is 353 g/mol. The first kappa shape index (κ1) is 17.5. The van der Waals surface area contributed by atoms with Gasteiger partial charge in [0, 0.05) is 24.6 Å². The average Bonchev–Trinajstić information content (AvgIpc) is 3.05. The molecule has 0 bridgehead atoms. The molecule has 3 aromatic rings. The van der Waals surface area contributed by atoms with Gasteiger partial charge < -0.3 is 19.5 Å². The predicted octanol–water partition coefficient (Wildman–Crippen LogP) is 2.44. The normalized spacial score (nSPS) is 12.8. The van der Waals surface area contributed by atoms with Gasteiger partial charge in [0.15, 0.2) is 0 Å². The van der Waals surface area contributed by atoms with Gasteiger partial charge in [0.25, 0.3) is 0 Å². The molecule has 0 radical (unpaired) electrons. The lowest BCUT2D eigenvalue weighted by molar-refractivity contribution is -0.159. The molecule has 0 atom stereocenters. The van der Waals surface area contributed by atoms with Crippen molar-refractivity contribution >= 4 is 23.3 Å². The fraction of sp³-hybridized carbons (Fsp3) is 0.211. The summed E-state index contributed by atoms with van der Waals surface area (Å²) in [5, 5.41) is 14.8. The van der Waals surface area contributed by atoms with Gasteiger partial charge in [0.05, 0.1) is 12.2 Å². The SMILES string of the molecule is O=C(O)C(=O)O.c1ccc2c(c1)CCCN2Cc1cn2ccccc2n1. The maximum atomic E-state index is 9.10. The molecule has 0 saturated heterocycles. The maximum absolute atomic E-state index is 9.10. The number of fused-ring (bicyclic) bond motifs is 2. The fourth-order valence-electron chi connectivity index (χ4n) is 3.03. The lowest BCUT2D eigenvalue weighted by Crippen LogP contribution is -2.28. The van der Waals surface area contributed by atoms with Crippen LogP contribution in [0.4, 0.5) is 5.69 Å². The molecule has 0 fully saturated rings. The van der Waals surface area contributed by atoms with Gasteiger partial charge >= 0.3 is 11.9 Å². The number of aliphatic carboxylic acids is 2. The minimum Gasteiger partial charge on any atom is -0.473 e. The second-order valence-electron chi connectivity index (χ2n) is 5.96. The summed E-state index contributed by atoms with van der Waals surface area (Å²) in [6, 6.07) is 14.8. The molecular formula is C19H19N3O4. The number of hydrogen-bond donors (Lipinski definition) is 2. The second kappa shape index (κ2) is 7.69. The zero-order chi connectivity index (χ0) is 18.5. The second-order valence-corrected chi connectivity index (χ2v) is 5.96. The van der Waals surface area contributed by atoms with Gasteiger partial charge in [-0.2, -0.15) is 0 Å².